The molecule has 4 nitrogen and oxygen atoms in total. The Morgan fingerprint density at radius 1 is 1.12 bits per heavy atom. The molecule has 1 aromatic heterocycles. The number of fused-ring (bicyclic) bond motifs is 1. The molecule has 3 N–H and O–H groups in total. The largest absolute Gasteiger partial charge is 0.361 e. The van der Waals surface area contributed by atoms with Crippen LogP contribution in [-0.2, 0) is 13.0 Å². The fourth-order valence-electron chi connectivity index (χ4n) is 2.88. The average Bonchev–Trinajstić information content (AvgIpc) is 3.00. The first-order chi connectivity index (χ1) is 11.7. The van der Waals surface area contributed by atoms with E-state index in [1.165, 1.54) is 27.6 Å². The number of nitrogens with one attached hydrogen (secondary N) is 3. The second-order valence-electron chi connectivity index (χ2n) is 6.07. The molecule has 0 saturated heterocycles. The Kier molecular flexibility index (Phi) is 4.96. The van der Waals surface area contributed by atoms with Gasteiger partial charge in [0.05, 0.1) is 0 Å². The molecule has 3 aromatic rings. The SMILES string of the molecule is CNC(=O)c1ccc(CNCCc2c[nH]c3cc(C)ccc23)cc1. The number of carbonyl (C=O) groups is 1. The topological polar surface area (TPSA) is 56.9 Å². The van der Waals surface area contributed by atoms with Crippen LogP contribution in [0.25, 0.3) is 10.9 Å². The van der Waals surface area contributed by atoms with Crippen molar-refractivity contribution in [2.24, 2.45) is 0 Å². The zero-order chi connectivity index (χ0) is 16.9. The number of aryl methyl sites for hydroxylation is 1. The molecule has 0 spiro atoms. The molecule has 0 aliphatic heterocycles. The van der Waals surface area contributed by atoms with Crippen molar-refractivity contribution in [3.8, 4) is 0 Å². The summed E-state index contributed by atoms with van der Waals surface area (Å²) in [5, 5.41) is 7.40. The van der Waals surface area contributed by atoms with Crippen molar-refractivity contribution >= 4 is 16.8 Å². The Balaban J connectivity index is 1.52. The molecule has 0 unspecified atom stereocenters. The fraction of sp³-hybridized carbons (Fsp3) is 0.250. The highest BCUT2D eigenvalue weighted by atomic mass is 16.1. The Bertz CT molecular complexity index is 834. The number of hydrogen-bond acceptors (Lipinski definition) is 2. The van der Waals surface area contributed by atoms with Crippen LogP contribution in [0, 0.1) is 6.92 Å². The van der Waals surface area contributed by atoms with Crippen molar-refractivity contribution in [2.75, 3.05) is 13.6 Å². The average molecular weight is 321 g/mol. The van der Waals surface area contributed by atoms with Crippen LogP contribution in [0.5, 0.6) is 0 Å². The van der Waals surface area contributed by atoms with Gasteiger partial charge in [0, 0.05) is 36.3 Å². The maximum Gasteiger partial charge on any atom is 0.251 e. The molecule has 0 saturated carbocycles. The number of aromatic amines is 1. The van der Waals surface area contributed by atoms with E-state index in [1.807, 2.05) is 24.3 Å². The van der Waals surface area contributed by atoms with E-state index in [-0.39, 0.29) is 5.91 Å². The maximum absolute atomic E-state index is 11.5. The first-order valence-corrected chi connectivity index (χ1v) is 8.26. The van der Waals surface area contributed by atoms with Crippen molar-refractivity contribution in [3.63, 3.8) is 0 Å². The Morgan fingerprint density at radius 3 is 2.67 bits per heavy atom. The summed E-state index contributed by atoms with van der Waals surface area (Å²) >= 11 is 0. The van der Waals surface area contributed by atoms with Crippen LogP contribution in [-0.4, -0.2) is 24.5 Å². The van der Waals surface area contributed by atoms with Crippen molar-refractivity contribution in [1.82, 2.24) is 15.6 Å². The summed E-state index contributed by atoms with van der Waals surface area (Å²) in [6.07, 6.45) is 3.09. The Labute approximate surface area is 142 Å². The molecule has 2 aromatic carbocycles. The molecule has 1 amide bonds. The molecule has 0 atom stereocenters. The van der Waals surface area contributed by atoms with Crippen LogP contribution in [0.3, 0.4) is 0 Å². The predicted octanol–water partition coefficient (Wildman–Crippen LogP) is 3.17. The van der Waals surface area contributed by atoms with Gasteiger partial charge in [0.15, 0.2) is 0 Å². The minimum atomic E-state index is -0.0518. The number of benzene rings is 2. The Morgan fingerprint density at radius 2 is 1.92 bits per heavy atom. The first-order valence-electron chi connectivity index (χ1n) is 8.26. The molecule has 0 radical (unpaired) electrons. The van der Waals surface area contributed by atoms with E-state index in [4.69, 9.17) is 0 Å². The zero-order valence-electron chi connectivity index (χ0n) is 14.1. The third-order valence-corrected chi connectivity index (χ3v) is 4.27. The van der Waals surface area contributed by atoms with E-state index in [2.05, 4.69) is 46.9 Å². The number of amides is 1. The van der Waals surface area contributed by atoms with Gasteiger partial charge in [0.25, 0.3) is 5.91 Å². The van der Waals surface area contributed by atoms with Crippen molar-refractivity contribution < 1.29 is 4.79 Å². The lowest BCUT2D eigenvalue weighted by Crippen LogP contribution is -2.18. The minimum Gasteiger partial charge on any atom is -0.361 e. The van der Waals surface area contributed by atoms with Gasteiger partial charge < -0.3 is 15.6 Å². The van der Waals surface area contributed by atoms with E-state index >= 15 is 0 Å². The molecule has 0 bridgehead atoms. The van der Waals surface area contributed by atoms with Crippen LogP contribution < -0.4 is 10.6 Å². The lowest BCUT2D eigenvalue weighted by molar-refractivity contribution is 0.0963. The molecular formula is C20H23N3O. The highest BCUT2D eigenvalue weighted by Crippen LogP contribution is 2.19. The van der Waals surface area contributed by atoms with Crippen molar-refractivity contribution in [1.29, 1.82) is 0 Å². The van der Waals surface area contributed by atoms with Crippen LogP contribution in [0.4, 0.5) is 0 Å². The summed E-state index contributed by atoms with van der Waals surface area (Å²) in [6, 6.07) is 14.2. The van der Waals surface area contributed by atoms with E-state index in [1.54, 1.807) is 7.05 Å². The van der Waals surface area contributed by atoms with Crippen molar-refractivity contribution in [2.45, 2.75) is 19.9 Å². The number of H-pyrrole nitrogens is 1. The molecule has 0 fully saturated rings. The highest BCUT2D eigenvalue weighted by Gasteiger charge is 2.04. The molecule has 4 heteroatoms. The lowest BCUT2D eigenvalue weighted by Gasteiger charge is -2.06. The summed E-state index contributed by atoms with van der Waals surface area (Å²) in [6.45, 7) is 3.82. The van der Waals surface area contributed by atoms with Gasteiger partial charge in [-0.1, -0.05) is 24.3 Å². The zero-order valence-corrected chi connectivity index (χ0v) is 14.1. The standard InChI is InChI=1S/C20H23N3O/c1-14-3-8-18-17(13-23-19(18)11-14)9-10-22-12-15-4-6-16(7-5-15)20(24)21-2/h3-8,11,13,22-23H,9-10,12H2,1-2H3,(H,21,24). The predicted molar refractivity (Wildman–Crippen MR) is 98.3 cm³/mol. The molecule has 1 heterocycles. The highest BCUT2D eigenvalue weighted by molar-refractivity contribution is 5.93. The van der Waals surface area contributed by atoms with Gasteiger partial charge in [0.1, 0.15) is 0 Å². The van der Waals surface area contributed by atoms with Gasteiger partial charge >= 0.3 is 0 Å². The Hall–Kier alpha value is -2.59. The van der Waals surface area contributed by atoms with Crippen molar-refractivity contribution in [3.05, 3.63) is 70.9 Å². The molecule has 0 aliphatic carbocycles. The van der Waals surface area contributed by atoms with Gasteiger partial charge in [-0.05, 0) is 54.8 Å². The van der Waals surface area contributed by atoms with Gasteiger partial charge in [-0.2, -0.15) is 0 Å². The minimum absolute atomic E-state index is 0.0518. The van der Waals surface area contributed by atoms with E-state index in [0.717, 1.165) is 19.5 Å². The van der Waals surface area contributed by atoms with Gasteiger partial charge in [0.2, 0.25) is 0 Å². The number of carbonyl (C=O) groups excluding carboxylic acids is 1. The summed E-state index contributed by atoms with van der Waals surface area (Å²) in [4.78, 5) is 14.9. The summed E-state index contributed by atoms with van der Waals surface area (Å²) < 4.78 is 0. The monoisotopic (exact) mass is 321 g/mol. The third-order valence-electron chi connectivity index (χ3n) is 4.27. The normalized spacial score (nSPS) is 10.9. The molecule has 3 rings (SSSR count). The number of rotatable bonds is 6. The van der Waals surface area contributed by atoms with Gasteiger partial charge in [-0.25, -0.2) is 0 Å². The second kappa shape index (κ2) is 7.32. The fourth-order valence-corrected chi connectivity index (χ4v) is 2.88. The van der Waals surface area contributed by atoms with Crippen LogP contribution in [0.1, 0.15) is 27.0 Å². The van der Waals surface area contributed by atoms with E-state index < -0.39 is 0 Å². The van der Waals surface area contributed by atoms with Gasteiger partial charge in [-0.15, -0.1) is 0 Å². The lowest BCUT2D eigenvalue weighted by atomic mass is 10.1. The third kappa shape index (κ3) is 3.66. The smallest absolute Gasteiger partial charge is 0.251 e. The summed E-state index contributed by atoms with van der Waals surface area (Å²) in [5.41, 5.74) is 5.68. The van der Waals surface area contributed by atoms with Crippen LogP contribution in [0.2, 0.25) is 0 Å². The number of aromatic nitrogens is 1. The summed E-state index contributed by atoms with van der Waals surface area (Å²) in [5.74, 6) is -0.0518. The van der Waals surface area contributed by atoms with E-state index in [0.29, 0.717) is 5.56 Å². The first kappa shape index (κ1) is 16.3. The molecular weight excluding hydrogens is 298 g/mol. The van der Waals surface area contributed by atoms with Crippen LogP contribution >= 0.6 is 0 Å². The van der Waals surface area contributed by atoms with Gasteiger partial charge in [-0.3, -0.25) is 4.79 Å². The molecule has 0 aliphatic rings. The maximum atomic E-state index is 11.5. The van der Waals surface area contributed by atoms with Crippen LogP contribution in [0.15, 0.2) is 48.7 Å². The molecule has 24 heavy (non-hydrogen) atoms. The molecule has 124 valence electrons. The second-order valence-corrected chi connectivity index (χ2v) is 6.07. The van der Waals surface area contributed by atoms with E-state index in [9.17, 15) is 4.79 Å². The summed E-state index contributed by atoms with van der Waals surface area (Å²) in [7, 11) is 1.64. The quantitative estimate of drug-likeness (QED) is 0.611. The number of hydrogen-bond donors (Lipinski definition) is 3.